The number of imide groups is 1. The Bertz CT molecular complexity index is 1790. The number of nitrogens with zero attached hydrogens (tertiary/aromatic N) is 4. The van der Waals surface area contributed by atoms with E-state index < -0.39 is 5.92 Å². The highest BCUT2D eigenvalue weighted by molar-refractivity contribution is 6.62. The number of aromatic nitrogens is 2. The molecule has 52 heavy (non-hydrogen) atoms. The van der Waals surface area contributed by atoms with E-state index in [-0.39, 0.29) is 41.8 Å². The van der Waals surface area contributed by atoms with Gasteiger partial charge in [0.25, 0.3) is 0 Å². The van der Waals surface area contributed by atoms with Crippen molar-refractivity contribution in [1.29, 1.82) is 0 Å². The Morgan fingerprint density at radius 3 is 2.29 bits per heavy atom. The van der Waals surface area contributed by atoms with Crippen LogP contribution in [0, 0.1) is 12.8 Å². The maximum Gasteiger partial charge on any atom is 0.495 e. The van der Waals surface area contributed by atoms with E-state index in [1.165, 1.54) is 25.7 Å². The van der Waals surface area contributed by atoms with Gasteiger partial charge in [-0.05, 0) is 122 Å². The van der Waals surface area contributed by atoms with Crippen LogP contribution < -0.4 is 20.4 Å². The van der Waals surface area contributed by atoms with Crippen LogP contribution >= 0.6 is 0 Å². The van der Waals surface area contributed by atoms with Gasteiger partial charge in [-0.25, -0.2) is 0 Å². The van der Waals surface area contributed by atoms with Gasteiger partial charge in [0, 0.05) is 50.6 Å². The van der Waals surface area contributed by atoms with Gasteiger partial charge in [0.15, 0.2) is 0 Å². The maximum absolute atomic E-state index is 12.7. The molecule has 2 amide bonds. The molecule has 7 rings (SSSR count). The molecule has 4 fully saturated rings. The van der Waals surface area contributed by atoms with Gasteiger partial charge in [0.2, 0.25) is 11.8 Å². The highest BCUT2D eigenvalue weighted by Crippen LogP contribution is 2.39. The van der Waals surface area contributed by atoms with E-state index in [0.717, 1.165) is 84.0 Å². The second-order valence-electron chi connectivity index (χ2n) is 17.3. The number of hydrogen-bond acceptors (Lipinski definition) is 8. The van der Waals surface area contributed by atoms with Crippen LogP contribution in [0.25, 0.3) is 10.9 Å². The number of ether oxygens (including phenoxy) is 1. The minimum atomic E-state index is -0.397. The van der Waals surface area contributed by atoms with Gasteiger partial charge in [-0.2, -0.15) is 5.10 Å². The number of aryl methyl sites for hydroxylation is 1. The lowest BCUT2D eigenvalue weighted by atomic mass is 9.76. The number of rotatable bonds is 9. The van der Waals surface area contributed by atoms with E-state index in [4.69, 9.17) is 19.1 Å². The Hall–Kier alpha value is -3.41. The fraction of sp³-hybridized carbons (Fsp3) is 0.634. The normalized spacial score (nSPS) is 25.5. The van der Waals surface area contributed by atoms with Crippen molar-refractivity contribution < 1.29 is 23.6 Å². The van der Waals surface area contributed by atoms with E-state index in [2.05, 4.69) is 100.0 Å². The fourth-order valence-corrected chi connectivity index (χ4v) is 8.78. The summed E-state index contributed by atoms with van der Waals surface area (Å²) in [5.74, 6) is 0.845. The zero-order valence-corrected chi connectivity index (χ0v) is 32.6. The van der Waals surface area contributed by atoms with Crippen LogP contribution in [0.4, 0.5) is 5.69 Å². The monoisotopic (exact) mass is 711 g/mol. The highest BCUT2D eigenvalue weighted by Gasteiger charge is 2.52. The molecule has 3 aromatic rings. The summed E-state index contributed by atoms with van der Waals surface area (Å²) in [6, 6.07) is 12.6. The van der Waals surface area contributed by atoms with Crippen LogP contribution in [0.1, 0.15) is 110 Å². The number of hydrogen-bond donors (Lipinski definition) is 1. The number of para-hydroxylation sites is 1. The lowest BCUT2D eigenvalue weighted by Gasteiger charge is -2.45. The molecule has 0 spiro atoms. The third-order valence-electron chi connectivity index (χ3n) is 13.0. The summed E-state index contributed by atoms with van der Waals surface area (Å²) in [5.41, 5.74) is 4.55. The van der Waals surface area contributed by atoms with Gasteiger partial charge in [-0.15, -0.1) is 0 Å². The van der Waals surface area contributed by atoms with E-state index in [9.17, 15) is 9.59 Å². The molecular formula is C41H58BN5O5. The van der Waals surface area contributed by atoms with Crippen LogP contribution in [0.3, 0.4) is 0 Å². The van der Waals surface area contributed by atoms with Gasteiger partial charge in [0.05, 0.1) is 40.1 Å². The topological polar surface area (TPSA) is 98.2 Å². The van der Waals surface area contributed by atoms with Crippen molar-refractivity contribution in [1.82, 2.24) is 20.0 Å². The summed E-state index contributed by atoms with van der Waals surface area (Å²) in [6.45, 7) is 19.2. The minimum Gasteiger partial charge on any atom is -0.490 e. The smallest absolute Gasteiger partial charge is 0.490 e. The van der Waals surface area contributed by atoms with Gasteiger partial charge in [-0.3, -0.25) is 24.5 Å². The van der Waals surface area contributed by atoms with Gasteiger partial charge >= 0.3 is 7.12 Å². The van der Waals surface area contributed by atoms with Crippen molar-refractivity contribution in [2.75, 3.05) is 31.1 Å². The van der Waals surface area contributed by atoms with Crippen molar-refractivity contribution in [2.24, 2.45) is 13.0 Å². The Balaban J connectivity index is 0.901. The number of benzene rings is 2. The SMILES string of the molecule is Cc1c(OC2CCC(CCC(C)(C)N3CCN(c4cccc5c(C6CCC(=O)NC6=O)nn(C)c45)CC3)CC2)cccc1B1OC(C)(C)C(C)(C)O1. The quantitative estimate of drug-likeness (QED) is 0.213. The molecule has 3 aliphatic heterocycles. The van der Waals surface area contributed by atoms with Crippen molar-refractivity contribution in [3.63, 3.8) is 0 Å². The molecule has 4 heterocycles. The average Bonchev–Trinajstić information content (AvgIpc) is 3.55. The Labute approximate surface area is 310 Å². The Morgan fingerprint density at radius 1 is 0.942 bits per heavy atom. The molecule has 1 N–H and O–H groups in total. The zero-order valence-electron chi connectivity index (χ0n) is 32.6. The fourth-order valence-electron chi connectivity index (χ4n) is 8.78. The molecular weight excluding hydrogens is 653 g/mol. The van der Waals surface area contributed by atoms with Crippen LogP contribution in [0.5, 0.6) is 5.75 Å². The first kappa shape index (κ1) is 36.9. The Morgan fingerprint density at radius 2 is 1.62 bits per heavy atom. The first-order chi connectivity index (χ1) is 24.6. The predicted octanol–water partition coefficient (Wildman–Crippen LogP) is 6.02. The number of carbonyl (C=O) groups is 2. The number of carbonyl (C=O) groups excluding carboxylic acids is 2. The first-order valence-electron chi connectivity index (χ1n) is 19.5. The third kappa shape index (κ3) is 7.13. The van der Waals surface area contributed by atoms with Crippen molar-refractivity contribution in [3.8, 4) is 5.75 Å². The number of anilines is 1. The molecule has 1 aliphatic carbocycles. The minimum absolute atomic E-state index is 0.127. The summed E-state index contributed by atoms with van der Waals surface area (Å²) < 4.78 is 21.3. The number of piperazine rings is 1. The van der Waals surface area contributed by atoms with Crippen LogP contribution in [-0.2, 0) is 25.9 Å². The molecule has 280 valence electrons. The maximum atomic E-state index is 12.7. The lowest BCUT2D eigenvalue weighted by molar-refractivity contribution is -0.134. The van der Waals surface area contributed by atoms with Gasteiger partial charge in [-0.1, -0.05) is 24.3 Å². The number of piperidine rings is 1. The molecule has 1 unspecified atom stereocenters. The molecule has 2 aromatic carbocycles. The molecule has 11 heteroatoms. The molecule has 0 bridgehead atoms. The molecule has 3 saturated heterocycles. The largest absolute Gasteiger partial charge is 0.495 e. The van der Waals surface area contributed by atoms with E-state index in [0.29, 0.717) is 12.8 Å². The molecule has 1 aromatic heterocycles. The molecule has 1 saturated carbocycles. The van der Waals surface area contributed by atoms with Crippen molar-refractivity contribution in [2.45, 2.75) is 129 Å². The molecule has 1 atom stereocenters. The standard InChI is InChI=1S/C41H58BN5O5/c1-27-32(42-51-40(4,5)41(6,7)52-42)12-10-14-34(27)50-29-17-15-28(16-18-29)21-22-39(2,3)47-25-23-46(24-26-47)33-13-9-11-30-36(44-45(8)37(30)33)31-19-20-35(48)43-38(31)49/h9-14,28-29,31H,15-26H2,1-8H3,(H,43,48,49). The molecule has 4 aliphatic rings. The van der Waals surface area contributed by atoms with Gasteiger partial charge < -0.3 is 18.9 Å². The first-order valence-corrected chi connectivity index (χ1v) is 19.5. The zero-order chi connectivity index (χ0) is 37.0. The highest BCUT2D eigenvalue weighted by atomic mass is 16.7. The third-order valence-corrected chi connectivity index (χ3v) is 13.0. The number of fused-ring (bicyclic) bond motifs is 1. The van der Waals surface area contributed by atoms with Crippen molar-refractivity contribution >= 4 is 41.0 Å². The summed E-state index contributed by atoms with van der Waals surface area (Å²) in [4.78, 5) is 29.6. The second-order valence-corrected chi connectivity index (χ2v) is 17.3. The van der Waals surface area contributed by atoms with Crippen LogP contribution in [-0.4, -0.2) is 82.6 Å². The molecule has 10 nitrogen and oxygen atoms in total. The number of nitrogens with one attached hydrogen (secondary N) is 1. The Kier molecular flexibility index (Phi) is 10.0. The van der Waals surface area contributed by atoms with Crippen LogP contribution in [0.2, 0.25) is 0 Å². The van der Waals surface area contributed by atoms with E-state index in [1.807, 2.05) is 11.7 Å². The summed E-state index contributed by atoms with van der Waals surface area (Å²) in [7, 11) is 1.58. The summed E-state index contributed by atoms with van der Waals surface area (Å²) in [6.07, 6.45) is 8.13. The van der Waals surface area contributed by atoms with Crippen molar-refractivity contribution in [3.05, 3.63) is 47.7 Å². The summed E-state index contributed by atoms with van der Waals surface area (Å²) in [5, 5.41) is 8.32. The summed E-state index contributed by atoms with van der Waals surface area (Å²) >= 11 is 0. The van der Waals surface area contributed by atoms with Crippen LogP contribution in [0.15, 0.2) is 36.4 Å². The van der Waals surface area contributed by atoms with E-state index >= 15 is 0 Å². The second kappa shape index (κ2) is 14.1. The number of amides is 2. The average molecular weight is 712 g/mol. The lowest BCUT2D eigenvalue weighted by Crippen LogP contribution is -2.54. The molecule has 0 radical (unpaired) electrons. The van der Waals surface area contributed by atoms with E-state index in [1.54, 1.807) is 0 Å². The van der Waals surface area contributed by atoms with Gasteiger partial charge in [0.1, 0.15) is 5.75 Å². The predicted molar refractivity (Wildman–Crippen MR) is 206 cm³/mol.